The Labute approximate surface area is 153 Å². The van der Waals surface area contributed by atoms with Gasteiger partial charge in [0.2, 0.25) is 0 Å². The van der Waals surface area contributed by atoms with Crippen molar-refractivity contribution in [3.63, 3.8) is 0 Å². The first-order chi connectivity index (χ1) is 12.2. The van der Waals surface area contributed by atoms with Crippen molar-refractivity contribution in [2.24, 2.45) is 0 Å². The Bertz CT molecular complexity index is 882. The number of halogens is 2. The second-order valence-corrected chi connectivity index (χ2v) is 7.92. The van der Waals surface area contributed by atoms with Gasteiger partial charge in [-0.2, -0.15) is 0 Å². The average Bonchev–Trinajstić information content (AvgIpc) is 3.05. The summed E-state index contributed by atoms with van der Waals surface area (Å²) < 4.78 is 40.7. The highest BCUT2D eigenvalue weighted by atomic mass is 19.1. The maximum Gasteiger partial charge on any atom is 0.495 e. The minimum atomic E-state index is -0.566. The van der Waals surface area contributed by atoms with E-state index in [9.17, 15) is 8.78 Å². The highest BCUT2D eigenvalue weighted by molar-refractivity contribution is 6.69. The van der Waals surface area contributed by atoms with Gasteiger partial charge in [0.1, 0.15) is 11.6 Å². The van der Waals surface area contributed by atoms with E-state index < -0.39 is 30.0 Å². The number of hydrogen-bond donors (Lipinski definition) is 0. The summed E-state index contributed by atoms with van der Waals surface area (Å²) in [5.74, 6) is -1.13. The maximum atomic E-state index is 14.2. The summed E-state index contributed by atoms with van der Waals surface area (Å²) in [4.78, 5) is 0. The second kappa shape index (κ2) is 5.76. The van der Waals surface area contributed by atoms with Gasteiger partial charge in [0.15, 0.2) is 0 Å². The Balaban J connectivity index is 1.74. The predicted molar refractivity (Wildman–Crippen MR) is 99.6 cm³/mol. The molecule has 26 heavy (non-hydrogen) atoms. The van der Waals surface area contributed by atoms with Crippen LogP contribution in [0.1, 0.15) is 38.8 Å². The monoisotopic (exact) mass is 354 g/mol. The minimum Gasteiger partial charge on any atom is -0.399 e. The molecule has 0 amide bonds. The van der Waals surface area contributed by atoms with Crippen molar-refractivity contribution in [1.82, 2.24) is 0 Å². The molecule has 1 saturated heterocycles. The van der Waals surface area contributed by atoms with Gasteiger partial charge in [-0.3, -0.25) is 0 Å². The molecule has 0 radical (unpaired) electrons. The van der Waals surface area contributed by atoms with Gasteiger partial charge < -0.3 is 9.31 Å². The van der Waals surface area contributed by atoms with E-state index in [0.29, 0.717) is 5.56 Å². The molecule has 5 heteroatoms. The van der Waals surface area contributed by atoms with Crippen molar-refractivity contribution >= 4 is 12.6 Å². The van der Waals surface area contributed by atoms with Gasteiger partial charge in [-0.15, -0.1) is 0 Å². The minimum absolute atomic E-state index is 0.00420. The molecular formula is C21H21BF2O2. The van der Waals surface area contributed by atoms with Crippen LogP contribution < -0.4 is 0 Å². The molecule has 2 aromatic rings. The second-order valence-electron chi connectivity index (χ2n) is 7.92. The molecule has 134 valence electrons. The molecule has 0 atom stereocenters. The number of allylic oxidation sites excluding steroid dienone is 1. The van der Waals surface area contributed by atoms with Gasteiger partial charge in [-0.1, -0.05) is 24.3 Å². The highest BCUT2D eigenvalue weighted by Crippen LogP contribution is 2.43. The van der Waals surface area contributed by atoms with E-state index in [1.165, 1.54) is 18.2 Å². The summed E-state index contributed by atoms with van der Waals surface area (Å²) in [6.45, 7) is 8.03. The molecule has 2 aromatic carbocycles. The summed E-state index contributed by atoms with van der Waals surface area (Å²) in [5.41, 5.74) is 2.61. The molecule has 0 N–H and O–H groups in total. The van der Waals surface area contributed by atoms with Crippen molar-refractivity contribution < 1.29 is 18.1 Å². The smallest absolute Gasteiger partial charge is 0.399 e. The Hall–Kier alpha value is -1.98. The first kappa shape index (κ1) is 17.4. The van der Waals surface area contributed by atoms with E-state index >= 15 is 0 Å². The summed E-state index contributed by atoms with van der Waals surface area (Å²) in [6.07, 6.45) is 2.84. The lowest BCUT2D eigenvalue weighted by atomic mass is 9.75. The van der Waals surface area contributed by atoms with Crippen molar-refractivity contribution in [1.29, 1.82) is 0 Å². The zero-order chi connectivity index (χ0) is 18.7. The van der Waals surface area contributed by atoms with Gasteiger partial charge in [-0.05, 0) is 74.5 Å². The summed E-state index contributed by atoms with van der Waals surface area (Å²) in [6, 6.07) is 9.44. The SMILES string of the molecule is CC1(C)OB(C2=CCc3ccc(-c4c(F)cccc4F)cc32)OC1(C)C. The predicted octanol–water partition coefficient (Wildman–Crippen LogP) is 5.20. The zero-order valence-electron chi connectivity index (χ0n) is 15.4. The van der Waals surface area contributed by atoms with Crippen LogP contribution in [0.15, 0.2) is 42.5 Å². The van der Waals surface area contributed by atoms with E-state index in [-0.39, 0.29) is 5.56 Å². The van der Waals surface area contributed by atoms with E-state index in [2.05, 4.69) is 6.08 Å². The average molecular weight is 354 g/mol. The zero-order valence-corrected chi connectivity index (χ0v) is 15.4. The van der Waals surface area contributed by atoms with Crippen LogP contribution in [0.4, 0.5) is 8.78 Å². The molecule has 0 spiro atoms. The Morgan fingerprint density at radius 1 is 0.923 bits per heavy atom. The van der Waals surface area contributed by atoms with Crippen LogP contribution in [0.25, 0.3) is 16.6 Å². The summed E-state index contributed by atoms with van der Waals surface area (Å²) in [7, 11) is -0.484. The molecule has 1 aliphatic heterocycles. The van der Waals surface area contributed by atoms with Crippen LogP contribution in [0.5, 0.6) is 0 Å². The van der Waals surface area contributed by atoms with Crippen LogP contribution in [0, 0.1) is 11.6 Å². The van der Waals surface area contributed by atoms with E-state index in [1.54, 1.807) is 6.07 Å². The summed E-state index contributed by atoms with van der Waals surface area (Å²) >= 11 is 0. The molecule has 0 bridgehead atoms. The third kappa shape index (κ3) is 2.61. The molecule has 0 unspecified atom stereocenters. The Kier molecular flexibility index (Phi) is 3.87. The number of hydrogen-bond acceptors (Lipinski definition) is 2. The van der Waals surface area contributed by atoms with Crippen molar-refractivity contribution in [2.45, 2.75) is 45.3 Å². The van der Waals surface area contributed by atoms with Gasteiger partial charge in [-0.25, -0.2) is 8.78 Å². The fraction of sp³-hybridized carbons (Fsp3) is 0.333. The van der Waals surface area contributed by atoms with E-state index in [1.807, 2.05) is 39.8 Å². The van der Waals surface area contributed by atoms with Gasteiger partial charge >= 0.3 is 7.12 Å². The summed E-state index contributed by atoms with van der Waals surface area (Å²) in [5, 5.41) is 0. The molecule has 2 nitrogen and oxygen atoms in total. The van der Waals surface area contributed by atoms with Crippen LogP contribution >= 0.6 is 0 Å². The number of benzene rings is 2. The lowest BCUT2D eigenvalue weighted by Crippen LogP contribution is -2.41. The molecule has 4 rings (SSSR count). The van der Waals surface area contributed by atoms with Crippen LogP contribution in [0.2, 0.25) is 0 Å². The highest BCUT2D eigenvalue weighted by Gasteiger charge is 2.53. The lowest BCUT2D eigenvalue weighted by Gasteiger charge is -2.32. The third-order valence-corrected chi connectivity index (χ3v) is 5.72. The fourth-order valence-electron chi connectivity index (χ4n) is 3.48. The molecule has 1 aliphatic carbocycles. The normalized spacial score (nSPS) is 20.2. The quantitative estimate of drug-likeness (QED) is 0.690. The maximum absolute atomic E-state index is 14.2. The van der Waals surface area contributed by atoms with Gasteiger partial charge in [0.05, 0.1) is 16.8 Å². The molecule has 2 aliphatic rings. The third-order valence-electron chi connectivity index (χ3n) is 5.72. The molecule has 0 aromatic heterocycles. The van der Waals surface area contributed by atoms with Crippen molar-refractivity contribution in [3.05, 3.63) is 65.2 Å². The number of fused-ring (bicyclic) bond motifs is 1. The van der Waals surface area contributed by atoms with Crippen molar-refractivity contribution in [3.8, 4) is 11.1 Å². The molecule has 1 fully saturated rings. The molecular weight excluding hydrogens is 333 g/mol. The lowest BCUT2D eigenvalue weighted by molar-refractivity contribution is 0.00578. The topological polar surface area (TPSA) is 18.5 Å². The van der Waals surface area contributed by atoms with Crippen molar-refractivity contribution in [2.75, 3.05) is 0 Å². The van der Waals surface area contributed by atoms with Gasteiger partial charge in [0.25, 0.3) is 0 Å². The standard InChI is InChI=1S/C21H21BF2O2/c1-20(2)21(3,4)26-22(25-20)16-11-10-13-8-9-14(12-15(13)16)19-17(23)6-5-7-18(19)24/h5-9,11-12H,10H2,1-4H3. The van der Waals surface area contributed by atoms with Crippen LogP contribution in [-0.4, -0.2) is 18.3 Å². The fourth-order valence-corrected chi connectivity index (χ4v) is 3.48. The Morgan fingerprint density at radius 2 is 1.54 bits per heavy atom. The van der Waals surface area contributed by atoms with E-state index in [0.717, 1.165) is 23.0 Å². The molecule has 0 saturated carbocycles. The first-order valence-electron chi connectivity index (χ1n) is 8.83. The number of rotatable bonds is 2. The molecule has 1 heterocycles. The van der Waals surface area contributed by atoms with Crippen LogP contribution in [-0.2, 0) is 15.7 Å². The van der Waals surface area contributed by atoms with E-state index in [4.69, 9.17) is 9.31 Å². The largest absolute Gasteiger partial charge is 0.495 e. The van der Waals surface area contributed by atoms with Crippen LogP contribution in [0.3, 0.4) is 0 Å². The first-order valence-corrected chi connectivity index (χ1v) is 8.83. The van der Waals surface area contributed by atoms with Gasteiger partial charge in [0, 0.05) is 0 Å². The Morgan fingerprint density at radius 3 is 2.15 bits per heavy atom.